The van der Waals surface area contributed by atoms with Gasteiger partial charge in [-0.3, -0.25) is 0 Å². The van der Waals surface area contributed by atoms with Gasteiger partial charge in [-0.25, -0.2) is 0 Å². The van der Waals surface area contributed by atoms with Gasteiger partial charge in [-0.1, -0.05) is 41.4 Å². The summed E-state index contributed by atoms with van der Waals surface area (Å²) in [7, 11) is 0. The van der Waals surface area contributed by atoms with E-state index in [0.29, 0.717) is 6.54 Å². The highest BCUT2D eigenvalue weighted by Gasteiger charge is 1.97. The molecule has 1 aromatic rings. The van der Waals surface area contributed by atoms with Gasteiger partial charge >= 0.3 is 0 Å². The predicted octanol–water partition coefficient (Wildman–Crippen LogP) is 3.43. The molecular weight excluding hydrogens is 229 g/mol. The fourth-order valence-corrected chi connectivity index (χ4v) is 1.57. The largest absolute Gasteiger partial charge is 0.327 e. The zero-order valence-corrected chi connectivity index (χ0v) is 10.4. The van der Waals surface area contributed by atoms with E-state index < -0.39 is 0 Å². The summed E-state index contributed by atoms with van der Waals surface area (Å²) in [6.45, 7) is 2.65. The van der Waals surface area contributed by atoms with Crippen molar-refractivity contribution in [2.45, 2.75) is 19.8 Å². The van der Waals surface area contributed by atoms with E-state index in [1.807, 2.05) is 0 Å². The maximum absolute atomic E-state index is 5.62. The van der Waals surface area contributed by atoms with Crippen molar-refractivity contribution in [2.24, 2.45) is 5.73 Å². The van der Waals surface area contributed by atoms with E-state index in [0.717, 1.165) is 18.4 Å². The Hall–Kier alpha value is -0.500. The van der Waals surface area contributed by atoms with Crippen LogP contribution in [0, 0.1) is 6.92 Å². The number of benzene rings is 1. The zero-order chi connectivity index (χ0) is 10.4. The number of halogens is 2. The van der Waals surface area contributed by atoms with E-state index in [-0.39, 0.29) is 12.4 Å². The SMILES string of the molecule is Cc1cccc(CC/C(=C/Cl)CN)c1.Cl. The first-order chi connectivity index (χ1) is 6.76. The summed E-state index contributed by atoms with van der Waals surface area (Å²) in [6.07, 6.45) is 1.96. The summed E-state index contributed by atoms with van der Waals surface area (Å²) in [5, 5.41) is 0. The number of nitrogens with two attached hydrogens (primary N) is 1. The lowest BCUT2D eigenvalue weighted by atomic mass is 10.0. The van der Waals surface area contributed by atoms with E-state index in [2.05, 4.69) is 31.2 Å². The topological polar surface area (TPSA) is 26.0 Å². The molecule has 0 saturated carbocycles. The number of aryl methyl sites for hydroxylation is 2. The summed E-state index contributed by atoms with van der Waals surface area (Å²) in [4.78, 5) is 0. The molecule has 0 amide bonds. The van der Waals surface area contributed by atoms with Crippen molar-refractivity contribution in [3.63, 3.8) is 0 Å². The maximum Gasteiger partial charge on any atom is 0.0148 e. The Kier molecular flexibility index (Phi) is 7.49. The monoisotopic (exact) mass is 245 g/mol. The van der Waals surface area contributed by atoms with Crippen LogP contribution in [0.2, 0.25) is 0 Å². The average Bonchev–Trinajstić information content (AvgIpc) is 2.19. The van der Waals surface area contributed by atoms with E-state index in [9.17, 15) is 0 Å². The third-order valence-electron chi connectivity index (χ3n) is 2.23. The van der Waals surface area contributed by atoms with Crippen LogP contribution in [0.4, 0.5) is 0 Å². The Labute approximate surface area is 103 Å². The third-order valence-corrected chi connectivity index (χ3v) is 2.54. The molecule has 0 saturated heterocycles. The van der Waals surface area contributed by atoms with Crippen LogP contribution < -0.4 is 5.73 Å². The van der Waals surface area contributed by atoms with Crippen LogP contribution in [0.3, 0.4) is 0 Å². The Bertz CT molecular complexity index is 321. The highest BCUT2D eigenvalue weighted by Crippen LogP contribution is 2.10. The molecule has 0 unspecified atom stereocenters. The fraction of sp³-hybridized carbons (Fsp3) is 0.333. The van der Waals surface area contributed by atoms with Crippen LogP contribution in [0.15, 0.2) is 35.4 Å². The number of rotatable bonds is 4. The van der Waals surface area contributed by atoms with Crippen molar-refractivity contribution in [3.05, 3.63) is 46.5 Å². The fourth-order valence-electron chi connectivity index (χ4n) is 1.37. The Morgan fingerprint density at radius 2 is 2.20 bits per heavy atom. The minimum absolute atomic E-state index is 0. The van der Waals surface area contributed by atoms with Gasteiger partial charge in [0.2, 0.25) is 0 Å². The molecule has 0 atom stereocenters. The second-order valence-electron chi connectivity index (χ2n) is 3.46. The Balaban J connectivity index is 0.00000196. The van der Waals surface area contributed by atoms with Gasteiger partial charge in [-0.2, -0.15) is 0 Å². The minimum Gasteiger partial charge on any atom is -0.327 e. The van der Waals surface area contributed by atoms with Gasteiger partial charge in [0.15, 0.2) is 0 Å². The highest BCUT2D eigenvalue weighted by atomic mass is 35.5. The molecule has 0 aromatic heterocycles. The van der Waals surface area contributed by atoms with Gasteiger partial charge in [-0.05, 0) is 30.9 Å². The Morgan fingerprint density at radius 1 is 1.47 bits per heavy atom. The van der Waals surface area contributed by atoms with E-state index in [1.165, 1.54) is 11.1 Å². The summed E-state index contributed by atoms with van der Waals surface area (Å²) < 4.78 is 0. The molecule has 15 heavy (non-hydrogen) atoms. The number of hydrogen-bond acceptors (Lipinski definition) is 1. The van der Waals surface area contributed by atoms with Crippen molar-refractivity contribution in [1.82, 2.24) is 0 Å². The van der Waals surface area contributed by atoms with Gasteiger partial charge < -0.3 is 5.73 Å². The molecule has 1 rings (SSSR count). The van der Waals surface area contributed by atoms with Crippen molar-refractivity contribution >= 4 is 24.0 Å². The van der Waals surface area contributed by atoms with Crippen molar-refractivity contribution < 1.29 is 0 Å². The first kappa shape index (κ1) is 14.5. The Morgan fingerprint density at radius 3 is 2.73 bits per heavy atom. The van der Waals surface area contributed by atoms with Gasteiger partial charge in [-0.15, -0.1) is 12.4 Å². The van der Waals surface area contributed by atoms with Crippen LogP contribution >= 0.6 is 24.0 Å². The summed E-state index contributed by atoms with van der Waals surface area (Å²) >= 11 is 5.62. The van der Waals surface area contributed by atoms with Gasteiger partial charge in [0, 0.05) is 12.1 Å². The van der Waals surface area contributed by atoms with Crippen LogP contribution in [0.25, 0.3) is 0 Å². The molecule has 0 fully saturated rings. The standard InChI is InChI=1S/C12H16ClN.ClH/c1-10-3-2-4-11(7-10)5-6-12(8-13)9-14;/h2-4,7-8H,5-6,9,14H2,1H3;1H/b12-8-;. The van der Waals surface area contributed by atoms with Gasteiger partial charge in [0.1, 0.15) is 0 Å². The first-order valence-electron chi connectivity index (χ1n) is 4.80. The molecule has 1 nitrogen and oxygen atoms in total. The smallest absolute Gasteiger partial charge is 0.0148 e. The molecule has 0 spiro atoms. The molecule has 2 N–H and O–H groups in total. The second-order valence-corrected chi connectivity index (χ2v) is 3.68. The molecule has 0 aliphatic carbocycles. The lowest BCUT2D eigenvalue weighted by Crippen LogP contribution is -2.03. The van der Waals surface area contributed by atoms with Crippen molar-refractivity contribution in [2.75, 3.05) is 6.54 Å². The van der Waals surface area contributed by atoms with Gasteiger partial charge in [0.05, 0.1) is 0 Å². The first-order valence-corrected chi connectivity index (χ1v) is 5.23. The predicted molar refractivity (Wildman–Crippen MR) is 69.7 cm³/mol. The van der Waals surface area contributed by atoms with Gasteiger partial charge in [0.25, 0.3) is 0 Å². The molecule has 0 radical (unpaired) electrons. The van der Waals surface area contributed by atoms with Crippen LogP contribution in [-0.2, 0) is 6.42 Å². The molecule has 3 heteroatoms. The molecular formula is C12H17Cl2N. The molecule has 0 aliphatic heterocycles. The van der Waals surface area contributed by atoms with Crippen molar-refractivity contribution in [3.8, 4) is 0 Å². The van der Waals surface area contributed by atoms with E-state index in [4.69, 9.17) is 17.3 Å². The summed E-state index contributed by atoms with van der Waals surface area (Å²) in [6, 6.07) is 8.51. The third kappa shape index (κ3) is 5.22. The molecule has 1 aromatic carbocycles. The minimum atomic E-state index is 0. The van der Waals surface area contributed by atoms with E-state index in [1.54, 1.807) is 5.54 Å². The molecule has 0 bridgehead atoms. The lowest BCUT2D eigenvalue weighted by molar-refractivity contribution is 0.905. The molecule has 0 heterocycles. The lowest BCUT2D eigenvalue weighted by Gasteiger charge is -2.04. The van der Waals surface area contributed by atoms with E-state index >= 15 is 0 Å². The van der Waals surface area contributed by atoms with Crippen LogP contribution in [-0.4, -0.2) is 6.54 Å². The van der Waals surface area contributed by atoms with Crippen LogP contribution in [0.1, 0.15) is 17.5 Å². The second kappa shape index (κ2) is 7.75. The normalized spacial score (nSPS) is 11.0. The summed E-state index contributed by atoms with van der Waals surface area (Å²) in [5.41, 5.74) is 10.9. The maximum atomic E-state index is 5.62. The van der Waals surface area contributed by atoms with Crippen molar-refractivity contribution in [1.29, 1.82) is 0 Å². The number of hydrogen-bond donors (Lipinski definition) is 1. The summed E-state index contributed by atoms with van der Waals surface area (Å²) in [5.74, 6) is 0. The average molecular weight is 246 g/mol. The molecule has 0 aliphatic rings. The quantitative estimate of drug-likeness (QED) is 0.865. The molecule has 84 valence electrons. The zero-order valence-electron chi connectivity index (χ0n) is 8.87. The van der Waals surface area contributed by atoms with Crippen LogP contribution in [0.5, 0.6) is 0 Å². The highest BCUT2D eigenvalue weighted by molar-refractivity contribution is 6.25.